The zero-order valence-electron chi connectivity index (χ0n) is 15.5. The van der Waals surface area contributed by atoms with E-state index >= 15 is 0 Å². The summed E-state index contributed by atoms with van der Waals surface area (Å²) >= 11 is 0. The third-order valence-electron chi connectivity index (χ3n) is 5.18. The van der Waals surface area contributed by atoms with Crippen molar-refractivity contribution in [3.05, 3.63) is 83.4 Å². The third kappa shape index (κ3) is 2.70. The maximum Gasteiger partial charge on any atom is 0.0933 e. The number of para-hydroxylation sites is 1. The molecule has 0 aliphatic carbocycles. The zero-order valence-corrected chi connectivity index (χ0v) is 17.9. The van der Waals surface area contributed by atoms with Crippen LogP contribution in [-0.2, 0) is 20.1 Å². The fourth-order valence-corrected chi connectivity index (χ4v) is 4.21. The number of rotatable bonds is 1. The number of nitrogens with zero attached hydrogens (tertiary/aromatic N) is 2. The molecule has 5 rings (SSSR count). The molecule has 1 radical (unpaired) electrons. The predicted octanol–water partition coefficient (Wildman–Crippen LogP) is 6.03. The van der Waals surface area contributed by atoms with E-state index in [1.54, 1.807) is 0 Å². The molecule has 0 aliphatic rings. The van der Waals surface area contributed by atoms with Gasteiger partial charge in [0.15, 0.2) is 0 Å². The van der Waals surface area contributed by atoms with Gasteiger partial charge in [0, 0.05) is 25.5 Å². The maximum absolute atomic E-state index is 4.82. The fourth-order valence-electron chi connectivity index (χ4n) is 4.21. The molecule has 3 heteroatoms. The van der Waals surface area contributed by atoms with Crippen LogP contribution >= 0.6 is 0 Å². The second-order valence-corrected chi connectivity index (χ2v) is 7.08. The summed E-state index contributed by atoms with van der Waals surface area (Å²) in [6.45, 7) is 6.56. The van der Waals surface area contributed by atoms with E-state index in [2.05, 4.69) is 75.4 Å². The van der Waals surface area contributed by atoms with Crippen molar-refractivity contribution in [1.82, 2.24) is 9.61 Å². The molecule has 2 heterocycles. The Balaban J connectivity index is 0.00000180. The molecule has 0 fully saturated rings. The first-order valence-corrected chi connectivity index (χ1v) is 8.92. The van der Waals surface area contributed by atoms with Crippen LogP contribution in [0.3, 0.4) is 0 Å². The van der Waals surface area contributed by atoms with Gasteiger partial charge in [-0.05, 0) is 55.1 Å². The second kappa shape index (κ2) is 6.60. The van der Waals surface area contributed by atoms with Crippen molar-refractivity contribution in [3.8, 4) is 11.1 Å². The van der Waals surface area contributed by atoms with Gasteiger partial charge < -0.3 is 0 Å². The molecule has 3 aromatic carbocycles. The number of aryl methyl sites for hydroxylation is 3. The molecular formula is C24H19IrN2-. The number of aromatic nitrogens is 2. The average molecular weight is 528 g/mol. The van der Waals surface area contributed by atoms with Crippen molar-refractivity contribution in [2.24, 2.45) is 0 Å². The van der Waals surface area contributed by atoms with Gasteiger partial charge in [-0.3, -0.25) is 4.52 Å². The normalized spacial score (nSPS) is 11.2. The van der Waals surface area contributed by atoms with Crippen LogP contribution < -0.4 is 0 Å². The molecule has 0 atom stereocenters. The van der Waals surface area contributed by atoms with Crippen LogP contribution in [0.5, 0.6) is 0 Å². The van der Waals surface area contributed by atoms with Crippen LogP contribution in [0.15, 0.2) is 60.7 Å². The Morgan fingerprint density at radius 3 is 2.33 bits per heavy atom. The van der Waals surface area contributed by atoms with Gasteiger partial charge in [-0.1, -0.05) is 41.5 Å². The van der Waals surface area contributed by atoms with Crippen LogP contribution in [0, 0.1) is 26.8 Å². The van der Waals surface area contributed by atoms with Gasteiger partial charge in [0.05, 0.1) is 11.0 Å². The minimum absolute atomic E-state index is 0. The summed E-state index contributed by atoms with van der Waals surface area (Å²) in [6, 6.07) is 24.7. The van der Waals surface area contributed by atoms with Crippen molar-refractivity contribution in [3.63, 3.8) is 0 Å². The van der Waals surface area contributed by atoms with Gasteiger partial charge in [0.1, 0.15) is 0 Å². The summed E-state index contributed by atoms with van der Waals surface area (Å²) in [5.74, 6) is 0. The van der Waals surface area contributed by atoms with Gasteiger partial charge in [0.2, 0.25) is 0 Å². The molecule has 0 aliphatic heterocycles. The molecule has 0 unspecified atom stereocenters. The molecule has 2 aromatic heterocycles. The number of hydrogen-bond acceptors (Lipinski definition) is 1. The van der Waals surface area contributed by atoms with Crippen LogP contribution in [-0.4, -0.2) is 9.61 Å². The predicted molar refractivity (Wildman–Crippen MR) is 109 cm³/mol. The van der Waals surface area contributed by atoms with E-state index in [1.165, 1.54) is 38.6 Å². The fraction of sp³-hybridized carbons (Fsp3) is 0.125. The SMILES string of the molecule is Cc1cc(C)c(-c2cc3c4ccccc4nn3c3[c-]cccc23)c(C)c1.[Ir]. The van der Waals surface area contributed by atoms with E-state index in [1.807, 2.05) is 16.6 Å². The Labute approximate surface area is 172 Å². The Bertz CT molecular complexity index is 1290. The molecule has 0 spiro atoms. The quantitative estimate of drug-likeness (QED) is 0.243. The van der Waals surface area contributed by atoms with E-state index in [0.29, 0.717) is 0 Å². The second-order valence-electron chi connectivity index (χ2n) is 7.08. The minimum atomic E-state index is 0. The molecule has 135 valence electrons. The monoisotopic (exact) mass is 528 g/mol. The molecule has 0 saturated carbocycles. The molecular weight excluding hydrogens is 508 g/mol. The first-order valence-electron chi connectivity index (χ1n) is 8.92. The molecule has 0 N–H and O–H groups in total. The summed E-state index contributed by atoms with van der Waals surface area (Å²) in [5, 5.41) is 7.18. The van der Waals surface area contributed by atoms with Crippen LogP contribution in [0.1, 0.15) is 16.7 Å². The van der Waals surface area contributed by atoms with Gasteiger partial charge in [-0.25, -0.2) is 0 Å². The van der Waals surface area contributed by atoms with Crippen LogP contribution in [0.2, 0.25) is 0 Å². The summed E-state index contributed by atoms with van der Waals surface area (Å²) in [4.78, 5) is 0. The van der Waals surface area contributed by atoms with Gasteiger partial charge >= 0.3 is 0 Å². The number of benzene rings is 3. The summed E-state index contributed by atoms with van der Waals surface area (Å²) < 4.78 is 2.03. The van der Waals surface area contributed by atoms with Crippen molar-refractivity contribution in [1.29, 1.82) is 0 Å². The van der Waals surface area contributed by atoms with Gasteiger partial charge in [0.25, 0.3) is 0 Å². The smallest absolute Gasteiger partial charge is 0.0933 e. The number of hydrogen-bond donors (Lipinski definition) is 0. The molecule has 2 nitrogen and oxygen atoms in total. The van der Waals surface area contributed by atoms with E-state index in [4.69, 9.17) is 5.10 Å². The topological polar surface area (TPSA) is 17.3 Å². The number of fused-ring (bicyclic) bond motifs is 5. The van der Waals surface area contributed by atoms with Gasteiger partial charge in [-0.15, -0.1) is 5.39 Å². The van der Waals surface area contributed by atoms with Crippen molar-refractivity contribution < 1.29 is 20.1 Å². The number of pyridine rings is 1. The minimum Gasteiger partial charge on any atom is -0.257 e. The van der Waals surface area contributed by atoms with Crippen molar-refractivity contribution in [2.45, 2.75) is 20.8 Å². The molecule has 27 heavy (non-hydrogen) atoms. The van der Waals surface area contributed by atoms with Crippen LogP contribution in [0.25, 0.3) is 38.4 Å². The molecule has 5 aromatic rings. The summed E-state index contributed by atoms with van der Waals surface area (Å²) in [7, 11) is 0. The standard InChI is InChI=1S/C24H19N2.Ir/c1-15-12-16(2)24(17(3)13-15)20-14-23-19-9-4-6-10-21(19)25-26(23)22-11-7-5-8-18(20)22;/h4-10,12-14H,1-3H3;/q-1;. The molecule has 0 amide bonds. The first-order chi connectivity index (χ1) is 12.6. The van der Waals surface area contributed by atoms with Gasteiger partial charge in [-0.2, -0.15) is 29.4 Å². The first kappa shape index (κ1) is 17.9. The van der Waals surface area contributed by atoms with E-state index in [-0.39, 0.29) is 20.1 Å². The Kier molecular flexibility index (Phi) is 4.38. The molecule has 0 bridgehead atoms. The Hall–Kier alpha value is -2.48. The largest absolute Gasteiger partial charge is 0.257 e. The van der Waals surface area contributed by atoms with E-state index < -0.39 is 0 Å². The Morgan fingerprint density at radius 2 is 1.56 bits per heavy atom. The summed E-state index contributed by atoms with van der Waals surface area (Å²) in [5.41, 5.74) is 9.65. The van der Waals surface area contributed by atoms with Crippen molar-refractivity contribution >= 4 is 27.3 Å². The third-order valence-corrected chi connectivity index (χ3v) is 5.18. The maximum atomic E-state index is 4.82. The van der Waals surface area contributed by atoms with E-state index in [9.17, 15) is 0 Å². The van der Waals surface area contributed by atoms with Crippen LogP contribution in [0.4, 0.5) is 0 Å². The van der Waals surface area contributed by atoms with Crippen molar-refractivity contribution in [2.75, 3.05) is 0 Å². The Morgan fingerprint density at radius 1 is 0.852 bits per heavy atom. The zero-order chi connectivity index (χ0) is 17.8. The summed E-state index contributed by atoms with van der Waals surface area (Å²) in [6.07, 6.45) is 0. The van der Waals surface area contributed by atoms with E-state index in [0.717, 1.165) is 16.6 Å². The average Bonchev–Trinajstić information content (AvgIpc) is 3.00. The molecule has 0 saturated heterocycles.